The highest BCUT2D eigenvalue weighted by atomic mass is 16.4. The number of nitrogens with two attached hydrogens (primary N) is 1. The molecule has 1 aromatic heterocycles. The number of carboxylic acid groups (broad SMARTS) is 1. The van der Waals surface area contributed by atoms with E-state index in [2.05, 4.69) is 0 Å². The van der Waals surface area contributed by atoms with Crippen molar-refractivity contribution >= 4 is 16.9 Å². The smallest absolute Gasteiger partial charge is 0.362 e. The van der Waals surface area contributed by atoms with Gasteiger partial charge in [-0.05, 0) is 31.5 Å². The molecule has 0 bridgehead atoms. The average molecular weight is 278 g/mol. The third kappa shape index (κ3) is 2.65. The Morgan fingerprint density at radius 1 is 1.45 bits per heavy atom. The molecule has 1 aromatic carbocycles. The Labute approximate surface area is 114 Å². The van der Waals surface area contributed by atoms with E-state index in [4.69, 9.17) is 9.52 Å². The minimum absolute atomic E-state index is 0.0138. The lowest BCUT2D eigenvalue weighted by Crippen LogP contribution is -2.89. The lowest BCUT2D eigenvalue weighted by molar-refractivity contribution is -0.690. The van der Waals surface area contributed by atoms with Crippen molar-refractivity contribution in [2.24, 2.45) is 0 Å². The van der Waals surface area contributed by atoms with Crippen LogP contribution in [0.1, 0.15) is 18.1 Å². The minimum Gasteiger partial charge on any atom is -0.507 e. The van der Waals surface area contributed by atoms with Crippen LogP contribution in [0.15, 0.2) is 27.4 Å². The molecule has 0 saturated heterocycles. The highest BCUT2D eigenvalue weighted by molar-refractivity contribution is 5.84. The van der Waals surface area contributed by atoms with Crippen molar-refractivity contribution < 1.29 is 24.7 Å². The lowest BCUT2D eigenvalue weighted by atomic mass is 10.1. The third-order valence-corrected chi connectivity index (χ3v) is 3.26. The molecule has 0 amide bonds. The quantitative estimate of drug-likeness (QED) is 0.700. The molecule has 6 heteroatoms. The van der Waals surface area contributed by atoms with Gasteiger partial charge in [0.25, 0.3) is 0 Å². The molecule has 2 rings (SSSR count). The van der Waals surface area contributed by atoms with E-state index in [0.717, 1.165) is 10.9 Å². The molecule has 0 radical (unpaired) electrons. The Morgan fingerprint density at radius 2 is 2.15 bits per heavy atom. The number of carboxylic acids is 1. The molecule has 1 atom stereocenters. The predicted molar refractivity (Wildman–Crippen MR) is 71.6 cm³/mol. The number of benzene rings is 1. The van der Waals surface area contributed by atoms with Gasteiger partial charge in [0.2, 0.25) is 0 Å². The Hall–Kier alpha value is -2.34. The standard InChI is InChI=1S/C14H15NO5/c1-7-5-12(17)20-13-9(7)3-4-11(16)10(13)6-15-8(2)14(18)19/h3-5,8,15-16H,6H2,1-2H3,(H,18,19)/p+1. The van der Waals surface area contributed by atoms with Crippen LogP contribution in [0.3, 0.4) is 0 Å². The number of rotatable bonds is 4. The van der Waals surface area contributed by atoms with Crippen molar-refractivity contribution in [3.8, 4) is 5.75 Å². The molecule has 106 valence electrons. The van der Waals surface area contributed by atoms with E-state index in [1.807, 2.05) is 0 Å². The first-order valence-electron chi connectivity index (χ1n) is 6.21. The van der Waals surface area contributed by atoms with Crippen molar-refractivity contribution in [2.75, 3.05) is 0 Å². The summed E-state index contributed by atoms with van der Waals surface area (Å²) in [4.78, 5) is 22.3. The number of phenols is 1. The largest absolute Gasteiger partial charge is 0.507 e. The van der Waals surface area contributed by atoms with E-state index in [-0.39, 0.29) is 12.3 Å². The first kappa shape index (κ1) is 14.1. The van der Waals surface area contributed by atoms with E-state index >= 15 is 0 Å². The number of aromatic hydroxyl groups is 1. The van der Waals surface area contributed by atoms with Crippen LogP contribution < -0.4 is 10.9 Å². The Morgan fingerprint density at radius 3 is 2.80 bits per heavy atom. The fourth-order valence-corrected chi connectivity index (χ4v) is 2.02. The molecule has 0 saturated carbocycles. The van der Waals surface area contributed by atoms with Crippen molar-refractivity contribution in [3.63, 3.8) is 0 Å². The van der Waals surface area contributed by atoms with E-state index in [1.165, 1.54) is 12.1 Å². The van der Waals surface area contributed by atoms with E-state index in [9.17, 15) is 14.7 Å². The van der Waals surface area contributed by atoms with Crippen LogP contribution in [0.4, 0.5) is 0 Å². The summed E-state index contributed by atoms with van der Waals surface area (Å²) in [6.45, 7) is 3.54. The maximum Gasteiger partial charge on any atom is 0.362 e. The second-order valence-corrected chi connectivity index (χ2v) is 4.76. The summed E-state index contributed by atoms with van der Waals surface area (Å²) in [5.41, 5.74) is 0.997. The fraction of sp³-hybridized carbons (Fsp3) is 0.286. The number of hydrogen-bond donors (Lipinski definition) is 3. The summed E-state index contributed by atoms with van der Waals surface area (Å²) in [6, 6.07) is 3.92. The molecule has 0 spiro atoms. The average Bonchev–Trinajstić information content (AvgIpc) is 2.36. The first-order valence-corrected chi connectivity index (χ1v) is 6.21. The molecule has 1 heterocycles. The van der Waals surface area contributed by atoms with Gasteiger partial charge >= 0.3 is 11.6 Å². The van der Waals surface area contributed by atoms with Crippen molar-refractivity contribution in [3.05, 3.63) is 39.7 Å². The zero-order valence-corrected chi connectivity index (χ0v) is 11.2. The number of aryl methyl sites for hydroxylation is 1. The summed E-state index contributed by atoms with van der Waals surface area (Å²) in [6.07, 6.45) is 0. The maximum atomic E-state index is 11.5. The van der Waals surface area contributed by atoms with E-state index in [1.54, 1.807) is 25.2 Å². The van der Waals surface area contributed by atoms with Gasteiger partial charge in [0.05, 0.1) is 5.56 Å². The van der Waals surface area contributed by atoms with Gasteiger partial charge in [-0.25, -0.2) is 9.59 Å². The summed E-state index contributed by atoms with van der Waals surface area (Å²) < 4.78 is 5.16. The fourth-order valence-electron chi connectivity index (χ4n) is 2.02. The summed E-state index contributed by atoms with van der Waals surface area (Å²) >= 11 is 0. The minimum atomic E-state index is -0.942. The molecule has 0 fully saturated rings. The second-order valence-electron chi connectivity index (χ2n) is 4.76. The summed E-state index contributed by atoms with van der Waals surface area (Å²) in [5, 5.41) is 21.1. The Bertz CT molecular complexity index is 719. The van der Waals surface area contributed by atoms with Gasteiger partial charge in [-0.3, -0.25) is 0 Å². The third-order valence-electron chi connectivity index (χ3n) is 3.26. The number of aliphatic carboxylic acids is 1. The molecular weight excluding hydrogens is 262 g/mol. The summed E-state index contributed by atoms with van der Waals surface area (Å²) in [7, 11) is 0. The molecule has 0 aliphatic rings. The van der Waals surface area contributed by atoms with Crippen LogP contribution in [0.5, 0.6) is 5.75 Å². The highest BCUT2D eigenvalue weighted by Crippen LogP contribution is 2.27. The molecule has 0 aliphatic carbocycles. The van der Waals surface area contributed by atoms with Gasteiger partial charge in [-0.2, -0.15) is 0 Å². The molecule has 6 nitrogen and oxygen atoms in total. The first-order chi connectivity index (χ1) is 9.40. The van der Waals surface area contributed by atoms with Crippen molar-refractivity contribution in [2.45, 2.75) is 26.4 Å². The predicted octanol–water partition coefficient (Wildman–Crippen LogP) is 0.344. The number of phenolic OH excluding ortho intramolecular Hbond substituents is 1. The lowest BCUT2D eigenvalue weighted by Gasteiger charge is -2.10. The van der Waals surface area contributed by atoms with Crippen LogP contribution in [-0.4, -0.2) is 22.2 Å². The van der Waals surface area contributed by atoms with Crippen LogP contribution >= 0.6 is 0 Å². The molecule has 1 unspecified atom stereocenters. The van der Waals surface area contributed by atoms with Crippen molar-refractivity contribution in [1.29, 1.82) is 0 Å². The molecule has 2 aromatic rings. The molecule has 0 aliphatic heterocycles. The van der Waals surface area contributed by atoms with Crippen LogP contribution in [0, 0.1) is 6.92 Å². The van der Waals surface area contributed by atoms with Crippen LogP contribution in [-0.2, 0) is 11.3 Å². The zero-order valence-electron chi connectivity index (χ0n) is 11.2. The molecule has 20 heavy (non-hydrogen) atoms. The van der Waals surface area contributed by atoms with Gasteiger partial charge in [0.1, 0.15) is 12.3 Å². The Kier molecular flexibility index (Phi) is 3.76. The number of hydrogen-bond acceptors (Lipinski definition) is 4. The molecule has 4 N–H and O–H groups in total. The number of carbonyl (C=O) groups is 1. The number of quaternary nitrogens is 1. The van der Waals surface area contributed by atoms with Gasteiger partial charge in [0, 0.05) is 11.5 Å². The number of fused-ring (bicyclic) bond motifs is 1. The van der Waals surface area contributed by atoms with Gasteiger partial charge < -0.3 is 19.9 Å². The molecular formula is C14H16NO5+. The van der Waals surface area contributed by atoms with E-state index < -0.39 is 17.6 Å². The maximum absolute atomic E-state index is 11.5. The Balaban J connectivity index is 2.48. The SMILES string of the molecule is Cc1cc(=O)oc2c(C[NH2+]C(C)C(=O)O)c(O)ccc12. The monoisotopic (exact) mass is 278 g/mol. The van der Waals surface area contributed by atoms with E-state index in [0.29, 0.717) is 11.1 Å². The highest BCUT2D eigenvalue weighted by Gasteiger charge is 2.18. The van der Waals surface area contributed by atoms with Crippen molar-refractivity contribution in [1.82, 2.24) is 0 Å². The van der Waals surface area contributed by atoms with Gasteiger partial charge in [0.15, 0.2) is 11.6 Å². The van der Waals surface area contributed by atoms with Gasteiger partial charge in [-0.15, -0.1) is 0 Å². The topological polar surface area (TPSA) is 104 Å². The van der Waals surface area contributed by atoms with Gasteiger partial charge in [-0.1, -0.05) is 0 Å². The van der Waals surface area contributed by atoms with Crippen LogP contribution in [0.25, 0.3) is 11.0 Å². The summed E-state index contributed by atoms with van der Waals surface area (Å²) in [5.74, 6) is -0.956. The zero-order chi connectivity index (χ0) is 14.9. The van der Waals surface area contributed by atoms with Crippen LogP contribution in [0.2, 0.25) is 0 Å². The normalized spacial score (nSPS) is 12.5. The second kappa shape index (κ2) is 5.34.